The zero-order valence-electron chi connectivity index (χ0n) is 21.7. The summed E-state index contributed by atoms with van der Waals surface area (Å²) < 4.78 is 5.42. The number of fused-ring (bicyclic) bond motifs is 3. The van der Waals surface area contributed by atoms with E-state index in [0.29, 0.717) is 11.8 Å². The molecule has 2 heteroatoms. The summed E-state index contributed by atoms with van der Waals surface area (Å²) in [5.74, 6) is 2.73. The van der Waals surface area contributed by atoms with Crippen molar-refractivity contribution in [1.29, 1.82) is 0 Å². The van der Waals surface area contributed by atoms with Gasteiger partial charge in [-0.15, -0.1) is 0 Å². The molecule has 1 atom stereocenters. The molecule has 2 fully saturated rings. The van der Waals surface area contributed by atoms with E-state index in [1.165, 1.54) is 96.6 Å². The Balaban J connectivity index is 1.64. The molecule has 0 saturated heterocycles. The highest BCUT2D eigenvalue weighted by atomic mass is 15.2. The molecule has 0 spiro atoms. The third kappa shape index (κ3) is 2.94. The Morgan fingerprint density at radius 1 is 0.722 bits per heavy atom. The van der Waals surface area contributed by atoms with Crippen molar-refractivity contribution in [3.8, 4) is 11.4 Å². The third-order valence-electron chi connectivity index (χ3n) is 9.58. The fraction of sp³-hybridized carbons (Fsp3) is 0.382. The number of benzene rings is 3. The minimum Gasteiger partial charge on any atom is -0.196 e. The minimum atomic E-state index is -0.0975. The van der Waals surface area contributed by atoms with Crippen LogP contribution in [0.2, 0.25) is 0 Å². The molecule has 1 aliphatic heterocycles. The number of hydrogen-bond acceptors (Lipinski definition) is 0. The van der Waals surface area contributed by atoms with Crippen LogP contribution in [0.1, 0.15) is 91.2 Å². The molecule has 4 aromatic rings. The molecule has 1 unspecified atom stereocenters. The zero-order valence-corrected chi connectivity index (χ0v) is 21.7. The number of nitrogens with zero attached hydrogens (tertiary/aromatic N) is 2. The summed E-state index contributed by atoms with van der Waals surface area (Å²) in [6.45, 7) is 4.69. The highest BCUT2D eigenvalue weighted by molar-refractivity contribution is 5.60. The summed E-state index contributed by atoms with van der Waals surface area (Å²) in [5, 5.41) is 0. The number of para-hydroxylation sites is 2. The predicted octanol–water partition coefficient (Wildman–Crippen LogP) is 7.87. The smallest absolute Gasteiger partial charge is 0.196 e. The van der Waals surface area contributed by atoms with Crippen LogP contribution in [0.5, 0.6) is 0 Å². The van der Waals surface area contributed by atoms with Crippen molar-refractivity contribution in [3.05, 3.63) is 113 Å². The van der Waals surface area contributed by atoms with E-state index in [1.54, 1.807) is 0 Å². The van der Waals surface area contributed by atoms with Gasteiger partial charge < -0.3 is 0 Å². The molecule has 2 heterocycles. The summed E-state index contributed by atoms with van der Waals surface area (Å²) in [6, 6.07) is 29.9. The van der Waals surface area contributed by atoms with Crippen LogP contribution in [0, 0.1) is 19.8 Å². The van der Waals surface area contributed by atoms with Crippen LogP contribution >= 0.6 is 0 Å². The molecule has 2 saturated carbocycles. The van der Waals surface area contributed by atoms with E-state index in [-0.39, 0.29) is 5.41 Å². The summed E-state index contributed by atoms with van der Waals surface area (Å²) in [5.41, 5.74) is 9.99. The maximum absolute atomic E-state index is 2.75. The molecule has 0 bridgehead atoms. The van der Waals surface area contributed by atoms with Crippen molar-refractivity contribution in [3.63, 3.8) is 0 Å². The van der Waals surface area contributed by atoms with Crippen molar-refractivity contribution >= 4 is 0 Å². The lowest BCUT2D eigenvalue weighted by molar-refractivity contribution is -0.609. The van der Waals surface area contributed by atoms with Crippen LogP contribution in [-0.4, -0.2) is 4.57 Å². The number of hydrogen-bond donors (Lipinski definition) is 0. The first kappa shape index (κ1) is 22.1. The summed E-state index contributed by atoms with van der Waals surface area (Å²) in [4.78, 5) is 0. The summed E-state index contributed by atoms with van der Waals surface area (Å²) in [7, 11) is 0. The number of aromatic nitrogens is 2. The first-order chi connectivity index (χ1) is 17.7. The van der Waals surface area contributed by atoms with Gasteiger partial charge in [0.05, 0.1) is 11.3 Å². The van der Waals surface area contributed by atoms with Crippen LogP contribution in [-0.2, 0) is 5.41 Å². The second-order valence-corrected chi connectivity index (χ2v) is 11.4. The fourth-order valence-corrected chi connectivity index (χ4v) is 8.16. The maximum Gasteiger partial charge on any atom is 0.270 e. The zero-order chi connectivity index (χ0) is 24.3. The average Bonchev–Trinajstić information content (AvgIpc) is 3.71. The molecule has 182 valence electrons. The van der Waals surface area contributed by atoms with E-state index < -0.39 is 0 Å². The number of rotatable bonds is 4. The number of aryl methyl sites for hydroxylation is 1. The van der Waals surface area contributed by atoms with Crippen molar-refractivity contribution in [2.45, 2.75) is 76.5 Å². The fourth-order valence-electron chi connectivity index (χ4n) is 8.16. The van der Waals surface area contributed by atoms with Gasteiger partial charge in [-0.25, -0.2) is 0 Å². The first-order valence-electron chi connectivity index (χ1n) is 14.1. The van der Waals surface area contributed by atoms with Gasteiger partial charge in [0, 0.05) is 12.5 Å². The van der Waals surface area contributed by atoms with Crippen LogP contribution in [0.15, 0.2) is 78.9 Å². The van der Waals surface area contributed by atoms with Crippen LogP contribution in [0.4, 0.5) is 0 Å². The molecule has 0 amide bonds. The van der Waals surface area contributed by atoms with Gasteiger partial charge in [0.1, 0.15) is 11.4 Å². The van der Waals surface area contributed by atoms with Gasteiger partial charge in [-0.3, -0.25) is 0 Å². The lowest BCUT2D eigenvalue weighted by Gasteiger charge is -2.35. The summed E-state index contributed by atoms with van der Waals surface area (Å²) >= 11 is 0. The Labute approximate surface area is 215 Å². The van der Waals surface area contributed by atoms with Gasteiger partial charge in [-0.1, -0.05) is 92.4 Å². The Hall–Kier alpha value is -3.13. The van der Waals surface area contributed by atoms with Gasteiger partial charge in [0.25, 0.3) is 5.82 Å². The maximum atomic E-state index is 2.75. The molecule has 0 N–H and O–H groups in total. The third-order valence-corrected chi connectivity index (χ3v) is 9.58. The van der Waals surface area contributed by atoms with Crippen LogP contribution in [0.25, 0.3) is 11.4 Å². The highest BCUT2D eigenvalue weighted by Gasteiger charge is 2.58. The van der Waals surface area contributed by atoms with E-state index in [4.69, 9.17) is 0 Å². The molecule has 2 aliphatic carbocycles. The van der Waals surface area contributed by atoms with Crippen LogP contribution < -0.4 is 4.57 Å². The highest BCUT2D eigenvalue weighted by Crippen LogP contribution is 2.56. The molecular weight excluding hydrogens is 436 g/mol. The molecule has 7 rings (SSSR count). The average molecular weight is 474 g/mol. The summed E-state index contributed by atoms with van der Waals surface area (Å²) in [6.07, 6.45) is 10.5. The van der Waals surface area contributed by atoms with Crippen LogP contribution in [0.3, 0.4) is 0 Å². The quantitative estimate of drug-likeness (QED) is 0.267. The normalized spacial score (nSPS) is 21.7. The molecule has 1 aromatic heterocycles. The minimum absolute atomic E-state index is 0.0975. The monoisotopic (exact) mass is 473 g/mol. The Kier molecular flexibility index (Phi) is 5.20. The largest absolute Gasteiger partial charge is 0.270 e. The Morgan fingerprint density at radius 3 is 2.11 bits per heavy atom. The molecule has 3 aromatic carbocycles. The molecular formula is C34H37N2+. The predicted molar refractivity (Wildman–Crippen MR) is 146 cm³/mol. The van der Waals surface area contributed by atoms with Crippen molar-refractivity contribution < 1.29 is 4.57 Å². The van der Waals surface area contributed by atoms with E-state index in [2.05, 4.69) is 102 Å². The van der Waals surface area contributed by atoms with Gasteiger partial charge in [0.15, 0.2) is 11.4 Å². The van der Waals surface area contributed by atoms with Crippen molar-refractivity contribution in [2.75, 3.05) is 0 Å². The SMILES string of the molecule is Cc1ccccc1-n1c(C)c2[n+](c1C1CCCC1)-c1ccccc1C2(c1ccccc1)C1CCCC1. The number of imidazole rings is 1. The second kappa shape index (κ2) is 8.47. The second-order valence-electron chi connectivity index (χ2n) is 11.4. The van der Waals surface area contributed by atoms with Gasteiger partial charge in [-0.2, -0.15) is 9.13 Å². The van der Waals surface area contributed by atoms with Crippen molar-refractivity contribution in [1.82, 2.24) is 4.57 Å². The van der Waals surface area contributed by atoms with Gasteiger partial charge in [-0.05, 0) is 61.8 Å². The van der Waals surface area contributed by atoms with Gasteiger partial charge in [0.2, 0.25) is 0 Å². The topological polar surface area (TPSA) is 8.81 Å². The van der Waals surface area contributed by atoms with Crippen molar-refractivity contribution in [2.24, 2.45) is 5.92 Å². The molecule has 36 heavy (non-hydrogen) atoms. The molecule has 0 radical (unpaired) electrons. The molecule has 3 aliphatic rings. The van der Waals surface area contributed by atoms with E-state index in [9.17, 15) is 0 Å². The van der Waals surface area contributed by atoms with Gasteiger partial charge >= 0.3 is 0 Å². The van der Waals surface area contributed by atoms with E-state index in [1.807, 2.05) is 0 Å². The molecule has 2 nitrogen and oxygen atoms in total. The Bertz CT molecular complexity index is 1420. The van der Waals surface area contributed by atoms with E-state index in [0.717, 1.165) is 0 Å². The lowest BCUT2D eigenvalue weighted by Crippen LogP contribution is -2.42. The van der Waals surface area contributed by atoms with E-state index >= 15 is 0 Å². The first-order valence-corrected chi connectivity index (χ1v) is 14.1. The lowest BCUT2D eigenvalue weighted by atomic mass is 9.63. The standard InChI is InChI=1S/C34H37N2/c1-24-14-6-12-22-30(24)35-25(2)32-34(28-19-9-10-20-28,27-17-4-3-5-18-27)29-21-11-13-23-31(29)36(32)33(35)26-15-7-8-16-26/h3-6,11-14,17-18,21-23,26,28H,7-10,15-16,19-20H2,1-2H3/q+1. The Morgan fingerprint density at radius 2 is 1.36 bits per heavy atom.